The van der Waals surface area contributed by atoms with Crippen LogP contribution in [0.2, 0.25) is 0 Å². The monoisotopic (exact) mass is 448 g/mol. The lowest BCUT2D eigenvalue weighted by atomic mass is 9.77. The smallest absolute Gasteiger partial charge is 0.418 e. The Bertz CT molecular complexity index is 967. The maximum absolute atomic E-state index is 14.9. The molecule has 1 aromatic carbocycles. The molecule has 0 aliphatic carbocycles. The number of allylic oxidation sites excluding steroid dienone is 2. The second-order valence-electron chi connectivity index (χ2n) is 6.99. The summed E-state index contributed by atoms with van der Waals surface area (Å²) in [5, 5.41) is 2.48. The molecule has 0 bridgehead atoms. The summed E-state index contributed by atoms with van der Waals surface area (Å²) in [6.45, 7) is 2.93. The van der Waals surface area contributed by atoms with E-state index >= 15 is 0 Å². The molecule has 0 saturated carbocycles. The number of nitrogens with one attached hydrogen (secondary N) is 1. The van der Waals surface area contributed by atoms with Gasteiger partial charge in [-0.3, -0.25) is 0 Å². The minimum absolute atomic E-state index is 0.106. The molecular formula is C20H21F5N2O4. The van der Waals surface area contributed by atoms with Crippen molar-refractivity contribution in [2.45, 2.75) is 39.0 Å². The Kier molecular flexibility index (Phi) is 6.97. The molecule has 0 amide bonds. The van der Waals surface area contributed by atoms with Crippen molar-refractivity contribution >= 4 is 17.6 Å². The highest BCUT2D eigenvalue weighted by Gasteiger charge is 2.46. The number of nitrogens with two attached hydrogens (primary N) is 1. The number of hydrogen-bond acceptors (Lipinski definition) is 6. The first kappa shape index (κ1) is 24.2. The van der Waals surface area contributed by atoms with Crippen LogP contribution in [0, 0.1) is 5.82 Å². The maximum atomic E-state index is 14.9. The molecule has 1 aromatic rings. The number of esters is 2. The summed E-state index contributed by atoms with van der Waals surface area (Å²) < 4.78 is 80.0. The van der Waals surface area contributed by atoms with Gasteiger partial charge in [-0.25, -0.2) is 18.4 Å². The van der Waals surface area contributed by atoms with Gasteiger partial charge in [0.25, 0.3) is 0 Å². The van der Waals surface area contributed by atoms with E-state index in [0.717, 1.165) is 7.11 Å². The van der Waals surface area contributed by atoms with E-state index < -0.39 is 76.3 Å². The van der Waals surface area contributed by atoms with Crippen molar-refractivity contribution in [3.05, 3.63) is 51.6 Å². The molecule has 0 fully saturated rings. The van der Waals surface area contributed by atoms with Crippen LogP contribution in [0.5, 0.6) is 0 Å². The fraction of sp³-hybridized carbons (Fsp3) is 0.400. The number of carbonyl (C=O) groups excluding carboxylic acids is 2. The number of alkyl halides is 4. The van der Waals surface area contributed by atoms with Crippen LogP contribution in [0.4, 0.5) is 27.6 Å². The molecule has 1 aliphatic rings. The van der Waals surface area contributed by atoms with E-state index in [1.54, 1.807) is 0 Å². The molecule has 0 aromatic heterocycles. The maximum Gasteiger partial charge on any atom is 0.418 e. The number of benzene rings is 1. The third-order valence-corrected chi connectivity index (χ3v) is 4.54. The molecule has 6 nitrogen and oxygen atoms in total. The second kappa shape index (κ2) is 8.94. The summed E-state index contributed by atoms with van der Waals surface area (Å²) in [5.41, 5.74) is 0.221. The molecule has 1 aliphatic heterocycles. The molecule has 170 valence electrons. The van der Waals surface area contributed by atoms with E-state index in [-0.39, 0.29) is 5.70 Å². The molecule has 1 unspecified atom stereocenters. The van der Waals surface area contributed by atoms with E-state index in [4.69, 9.17) is 10.5 Å². The van der Waals surface area contributed by atoms with E-state index in [1.807, 2.05) is 0 Å². The van der Waals surface area contributed by atoms with E-state index in [2.05, 4.69) is 10.1 Å². The molecule has 2 rings (SSSR count). The highest BCUT2D eigenvalue weighted by atomic mass is 19.4. The Morgan fingerprint density at radius 3 is 2.29 bits per heavy atom. The minimum atomic E-state index is -5.15. The van der Waals surface area contributed by atoms with Crippen LogP contribution in [0.1, 0.15) is 37.8 Å². The SMILES string of the molecule is COC(=O)C1=C(CF)NC(C)=C(C(=O)OC(C)C)C1c1c(F)ccc(N)c1C(F)(F)F. The summed E-state index contributed by atoms with van der Waals surface area (Å²) in [6.07, 6.45) is -5.83. The van der Waals surface area contributed by atoms with Crippen LogP contribution in [-0.4, -0.2) is 31.8 Å². The molecule has 3 N–H and O–H groups in total. The van der Waals surface area contributed by atoms with Crippen LogP contribution < -0.4 is 11.1 Å². The van der Waals surface area contributed by atoms with Crippen molar-refractivity contribution in [2.24, 2.45) is 0 Å². The van der Waals surface area contributed by atoms with E-state index in [1.165, 1.54) is 20.8 Å². The number of nitrogen functional groups attached to an aromatic ring is 1. The topological polar surface area (TPSA) is 90.6 Å². The minimum Gasteiger partial charge on any atom is -0.466 e. The van der Waals surface area contributed by atoms with Crippen LogP contribution in [0.25, 0.3) is 0 Å². The standard InChI is InChI=1S/C20H21F5N2O4/c1-8(2)31-19(29)13-9(3)27-12(7-21)15(18(28)30-4)16(13)14-10(22)5-6-11(26)17(14)20(23,24)25/h5-6,8,16,27H,7,26H2,1-4H3. The Labute approximate surface area is 174 Å². The van der Waals surface area contributed by atoms with Gasteiger partial charge in [-0.05, 0) is 32.9 Å². The van der Waals surface area contributed by atoms with Gasteiger partial charge in [0.2, 0.25) is 0 Å². The third-order valence-electron chi connectivity index (χ3n) is 4.54. The van der Waals surface area contributed by atoms with E-state index in [0.29, 0.717) is 12.1 Å². The van der Waals surface area contributed by atoms with Gasteiger partial charge in [0.15, 0.2) is 0 Å². The number of methoxy groups -OCH3 is 1. The zero-order valence-electron chi connectivity index (χ0n) is 17.1. The van der Waals surface area contributed by atoms with Crippen LogP contribution in [0.15, 0.2) is 34.7 Å². The molecule has 11 heteroatoms. The predicted octanol–water partition coefficient (Wildman–Crippen LogP) is 3.74. The summed E-state index contributed by atoms with van der Waals surface area (Å²) in [6, 6.07) is 1.38. The first-order valence-electron chi connectivity index (χ1n) is 9.06. The van der Waals surface area contributed by atoms with Crippen molar-refractivity contribution < 1.29 is 41.0 Å². The molecule has 0 saturated heterocycles. The molecule has 1 heterocycles. The molecule has 31 heavy (non-hydrogen) atoms. The fourth-order valence-electron chi connectivity index (χ4n) is 3.40. The lowest BCUT2D eigenvalue weighted by Crippen LogP contribution is -2.35. The average Bonchev–Trinajstić information content (AvgIpc) is 2.66. The number of rotatable bonds is 5. The molecule has 0 spiro atoms. The van der Waals surface area contributed by atoms with Crippen LogP contribution >= 0.6 is 0 Å². The fourth-order valence-corrected chi connectivity index (χ4v) is 3.40. The first-order chi connectivity index (χ1) is 14.3. The summed E-state index contributed by atoms with van der Waals surface area (Å²) in [7, 11) is 0.917. The Hall–Kier alpha value is -3.11. The number of anilines is 1. The van der Waals surface area contributed by atoms with Crippen LogP contribution in [0.3, 0.4) is 0 Å². The number of hydrogen-bond donors (Lipinski definition) is 2. The zero-order chi connectivity index (χ0) is 23.7. The van der Waals surface area contributed by atoms with Gasteiger partial charge >= 0.3 is 18.1 Å². The summed E-state index contributed by atoms with van der Waals surface area (Å²) >= 11 is 0. The Balaban J connectivity index is 2.98. The number of ether oxygens (including phenoxy) is 2. The number of carbonyl (C=O) groups is 2. The van der Waals surface area contributed by atoms with Gasteiger partial charge < -0.3 is 20.5 Å². The van der Waals surface area contributed by atoms with Gasteiger partial charge in [0.05, 0.1) is 41.5 Å². The molecular weight excluding hydrogens is 427 g/mol. The van der Waals surface area contributed by atoms with Gasteiger partial charge in [0, 0.05) is 16.9 Å². The van der Waals surface area contributed by atoms with Gasteiger partial charge in [0.1, 0.15) is 12.5 Å². The van der Waals surface area contributed by atoms with Crippen LogP contribution in [-0.2, 0) is 25.2 Å². The quantitative estimate of drug-likeness (QED) is 0.405. The first-order valence-corrected chi connectivity index (χ1v) is 9.06. The predicted molar refractivity (Wildman–Crippen MR) is 101 cm³/mol. The van der Waals surface area contributed by atoms with Crippen molar-refractivity contribution in [3.63, 3.8) is 0 Å². The number of dihydropyridines is 1. The highest BCUT2D eigenvalue weighted by molar-refractivity contribution is 6.00. The van der Waals surface area contributed by atoms with Gasteiger partial charge in [-0.15, -0.1) is 0 Å². The second-order valence-corrected chi connectivity index (χ2v) is 6.99. The van der Waals surface area contributed by atoms with Crippen molar-refractivity contribution in [1.29, 1.82) is 0 Å². The van der Waals surface area contributed by atoms with Gasteiger partial charge in [-0.1, -0.05) is 0 Å². The molecule has 1 atom stereocenters. The average molecular weight is 448 g/mol. The summed E-state index contributed by atoms with van der Waals surface area (Å²) in [5.74, 6) is -5.73. The summed E-state index contributed by atoms with van der Waals surface area (Å²) in [4.78, 5) is 25.3. The van der Waals surface area contributed by atoms with Gasteiger partial charge in [-0.2, -0.15) is 13.2 Å². The highest BCUT2D eigenvalue weighted by Crippen LogP contribution is 2.47. The normalized spacial score (nSPS) is 17.0. The van der Waals surface area contributed by atoms with Crippen molar-refractivity contribution in [3.8, 4) is 0 Å². The lowest BCUT2D eigenvalue weighted by Gasteiger charge is -2.32. The molecule has 0 radical (unpaired) electrons. The van der Waals surface area contributed by atoms with Crippen molar-refractivity contribution in [2.75, 3.05) is 19.5 Å². The van der Waals surface area contributed by atoms with E-state index in [9.17, 15) is 31.5 Å². The lowest BCUT2D eigenvalue weighted by molar-refractivity contribution is -0.144. The Morgan fingerprint density at radius 1 is 1.19 bits per heavy atom. The largest absolute Gasteiger partial charge is 0.466 e. The number of halogens is 5. The Morgan fingerprint density at radius 2 is 1.81 bits per heavy atom. The zero-order valence-corrected chi connectivity index (χ0v) is 17.1. The third kappa shape index (κ3) is 4.64. The van der Waals surface area contributed by atoms with Crippen molar-refractivity contribution in [1.82, 2.24) is 5.32 Å².